The van der Waals surface area contributed by atoms with Crippen molar-refractivity contribution >= 4 is 17.3 Å². The van der Waals surface area contributed by atoms with Crippen LogP contribution in [-0.2, 0) is 0 Å². The zero-order valence-corrected chi connectivity index (χ0v) is 10.5. The summed E-state index contributed by atoms with van der Waals surface area (Å²) in [5.41, 5.74) is 6.59. The van der Waals surface area contributed by atoms with E-state index in [2.05, 4.69) is 5.32 Å². The maximum atomic E-state index is 13.5. The number of hydrogen-bond acceptors (Lipinski definition) is 2. The molecule has 2 aromatic rings. The number of benzene rings is 2. The monoisotopic (exact) mass is 280 g/mol. The van der Waals surface area contributed by atoms with Crippen LogP contribution in [0.3, 0.4) is 0 Å². The highest BCUT2D eigenvalue weighted by molar-refractivity contribution is 6.04. The van der Waals surface area contributed by atoms with Gasteiger partial charge in [-0.15, -0.1) is 0 Å². The molecule has 0 bridgehead atoms. The molecule has 20 heavy (non-hydrogen) atoms. The van der Waals surface area contributed by atoms with Crippen molar-refractivity contribution in [2.24, 2.45) is 0 Å². The zero-order chi connectivity index (χ0) is 14.9. The number of carbonyl (C=O) groups excluding carboxylic acids is 1. The van der Waals surface area contributed by atoms with E-state index in [4.69, 9.17) is 5.73 Å². The van der Waals surface area contributed by atoms with Crippen molar-refractivity contribution in [2.45, 2.75) is 6.92 Å². The maximum absolute atomic E-state index is 13.5. The average molecular weight is 280 g/mol. The van der Waals surface area contributed by atoms with Crippen LogP contribution in [-0.4, -0.2) is 5.91 Å². The first-order chi connectivity index (χ1) is 9.40. The number of nitrogens with one attached hydrogen (secondary N) is 1. The third-order valence-corrected chi connectivity index (χ3v) is 2.78. The molecule has 3 nitrogen and oxygen atoms in total. The molecule has 0 aliphatic heterocycles. The lowest BCUT2D eigenvalue weighted by Crippen LogP contribution is -2.16. The third-order valence-electron chi connectivity index (χ3n) is 2.78. The second-order valence-corrected chi connectivity index (χ2v) is 4.25. The Labute approximate surface area is 113 Å². The zero-order valence-electron chi connectivity index (χ0n) is 10.5. The highest BCUT2D eigenvalue weighted by Gasteiger charge is 2.19. The average Bonchev–Trinajstić information content (AvgIpc) is 2.39. The molecule has 0 radical (unpaired) electrons. The maximum Gasteiger partial charge on any atom is 0.258 e. The Morgan fingerprint density at radius 3 is 2.45 bits per heavy atom. The van der Waals surface area contributed by atoms with Crippen molar-refractivity contribution in [3.8, 4) is 0 Å². The molecule has 0 saturated carbocycles. The van der Waals surface area contributed by atoms with Gasteiger partial charge < -0.3 is 11.1 Å². The van der Waals surface area contributed by atoms with Crippen LogP contribution < -0.4 is 11.1 Å². The Morgan fingerprint density at radius 2 is 1.80 bits per heavy atom. The standard InChI is InChI=1S/C14H11F3N2O/c1-7-6-8(18)2-5-11(7)19-14(20)9-3-4-10(15)13(17)12(9)16/h2-6H,18H2,1H3,(H,19,20). The van der Waals surface area contributed by atoms with Crippen LogP contribution in [0.2, 0.25) is 0 Å². The summed E-state index contributed by atoms with van der Waals surface area (Å²) in [6, 6.07) is 6.31. The van der Waals surface area contributed by atoms with Gasteiger partial charge in [0.2, 0.25) is 0 Å². The van der Waals surface area contributed by atoms with Crippen LogP contribution in [0.4, 0.5) is 24.5 Å². The number of carbonyl (C=O) groups is 1. The van der Waals surface area contributed by atoms with Crippen LogP contribution in [0.15, 0.2) is 30.3 Å². The predicted octanol–water partition coefficient (Wildman–Crippen LogP) is 3.25. The van der Waals surface area contributed by atoms with Crippen LogP contribution in [0.1, 0.15) is 15.9 Å². The Hall–Kier alpha value is -2.50. The fourth-order valence-electron chi connectivity index (χ4n) is 1.72. The molecule has 6 heteroatoms. The number of amides is 1. The quantitative estimate of drug-likeness (QED) is 0.655. The van der Waals surface area contributed by atoms with Gasteiger partial charge in [0.25, 0.3) is 5.91 Å². The van der Waals surface area contributed by atoms with Gasteiger partial charge in [-0.2, -0.15) is 0 Å². The minimum atomic E-state index is -1.67. The summed E-state index contributed by atoms with van der Waals surface area (Å²) in [6.07, 6.45) is 0. The number of anilines is 2. The number of halogens is 3. The first kappa shape index (κ1) is 13.9. The summed E-state index contributed by atoms with van der Waals surface area (Å²) < 4.78 is 39.4. The molecule has 0 unspecified atom stereocenters. The van der Waals surface area contributed by atoms with Crippen LogP contribution in [0.5, 0.6) is 0 Å². The van der Waals surface area contributed by atoms with E-state index in [0.29, 0.717) is 23.0 Å². The molecule has 2 rings (SSSR count). The molecule has 0 aliphatic rings. The molecule has 0 atom stereocenters. The summed E-state index contributed by atoms with van der Waals surface area (Å²) in [6.45, 7) is 1.70. The fraction of sp³-hybridized carbons (Fsp3) is 0.0714. The lowest BCUT2D eigenvalue weighted by Gasteiger charge is -2.10. The number of rotatable bonds is 2. The third kappa shape index (κ3) is 2.59. The summed E-state index contributed by atoms with van der Waals surface area (Å²) in [5.74, 6) is -5.40. The molecule has 0 fully saturated rings. The number of nitrogen functional groups attached to an aromatic ring is 1. The lowest BCUT2D eigenvalue weighted by atomic mass is 10.1. The van der Waals surface area contributed by atoms with E-state index >= 15 is 0 Å². The van der Waals surface area contributed by atoms with Gasteiger partial charge in [0.1, 0.15) is 0 Å². The Bertz CT molecular complexity index is 686. The van der Waals surface area contributed by atoms with Gasteiger partial charge in [-0.1, -0.05) is 0 Å². The van der Waals surface area contributed by atoms with Crippen LogP contribution in [0.25, 0.3) is 0 Å². The summed E-state index contributed by atoms with van der Waals surface area (Å²) in [4.78, 5) is 11.9. The van der Waals surface area contributed by atoms with E-state index in [1.54, 1.807) is 25.1 Å². The van der Waals surface area contributed by atoms with Crippen molar-refractivity contribution in [1.29, 1.82) is 0 Å². The highest BCUT2D eigenvalue weighted by atomic mass is 19.2. The summed E-state index contributed by atoms with van der Waals surface area (Å²) in [7, 11) is 0. The first-order valence-electron chi connectivity index (χ1n) is 5.71. The van der Waals surface area contributed by atoms with Crippen molar-refractivity contribution in [3.63, 3.8) is 0 Å². The molecular formula is C14H11F3N2O. The highest BCUT2D eigenvalue weighted by Crippen LogP contribution is 2.20. The lowest BCUT2D eigenvalue weighted by molar-refractivity contribution is 0.102. The van der Waals surface area contributed by atoms with Crippen molar-refractivity contribution < 1.29 is 18.0 Å². The van der Waals surface area contributed by atoms with Gasteiger partial charge in [-0.05, 0) is 42.8 Å². The van der Waals surface area contributed by atoms with Gasteiger partial charge in [-0.3, -0.25) is 4.79 Å². The normalized spacial score (nSPS) is 10.4. The fourth-order valence-corrected chi connectivity index (χ4v) is 1.72. The van der Waals surface area contributed by atoms with Crippen LogP contribution >= 0.6 is 0 Å². The van der Waals surface area contributed by atoms with E-state index in [1.165, 1.54) is 0 Å². The van der Waals surface area contributed by atoms with E-state index in [-0.39, 0.29) is 0 Å². The van der Waals surface area contributed by atoms with Crippen molar-refractivity contribution in [1.82, 2.24) is 0 Å². The topological polar surface area (TPSA) is 55.1 Å². The van der Waals surface area contributed by atoms with Gasteiger partial charge in [0, 0.05) is 11.4 Å². The van der Waals surface area contributed by atoms with E-state index in [0.717, 1.165) is 6.07 Å². The van der Waals surface area contributed by atoms with Gasteiger partial charge in [0.05, 0.1) is 5.56 Å². The molecule has 2 aromatic carbocycles. The van der Waals surface area contributed by atoms with Crippen LogP contribution in [0, 0.1) is 24.4 Å². The molecule has 0 aliphatic carbocycles. The van der Waals surface area contributed by atoms with E-state index in [9.17, 15) is 18.0 Å². The van der Waals surface area contributed by atoms with Gasteiger partial charge in [-0.25, -0.2) is 13.2 Å². The predicted molar refractivity (Wildman–Crippen MR) is 69.9 cm³/mol. The minimum absolute atomic E-state index is 0.410. The molecule has 1 amide bonds. The molecule has 0 aromatic heterocycles. The SMILES string of the molecule is Cc1cc(N)ccc1NC(=O)c1ccc(F)c(F)c1F. The Balaban J connectivity index is 2.31. The number of aryl methyl sites for hydroxylation is 1. The molecule has 0 saturated heterocycles. The molecule has 0 spiro atoms. The van der Waals surface area contributed by atoms with E-state index in [1.807, 2.05) is 0 Å². The molecular weight excluding hydrogens is 269 g/mol. The Kier molecular flexibility index (Phi) is 3.65. The number of nitrogens with two attached hydrogens (primary N) is 1. The largest absolute Gasteiger partial charge is 0.399 e. The smallest absolute Gasteiger partial charge is 0.258 e. The van der Waals surface area contributed by atoms with Crippen molar-refractivity contribution in [3.05, 3.63) is 58.9 Å². The Morgan fingerprint density at radius 1 is 1.10 bits per heavy atom. The molecule has 0 heterocycles. The summed E-state index contributed by atoms with van der Waals surface area (Å²) in [5, 5.41) is 2.42. The minimum Gasteiger partial charge on any atom is -0.399 e. The number of hydrogen-bond donors (Lipinski definition) is 2. The first-order valence-corrected chi connectivity index (χ1v) is 5.71. The second kappa shape index (κ2) is 5.24. The van der Waals surface area contributed by atoms with Gasteiger partial charge >= 0.3 is 0 Å². The summed E-state index contributed by atoms with van der Waals surface area (Å²) >= 11 is 0. The molecule has 104 valence electrons. The van der Waals surface area contributed by atoms with Gasteiger partial charge in [0.15, 0.2) is 17.5 Å². The molecule has 3 N–H and O–H groups in total. The van der Waals surface area contributed by atoms with Crippen molar-refractivity contribution in [2.75, 3.05) is 11.1 Å². The second-order valence-electron chi connectivity index (χ2n) is 4.25. The van der Waals surface area contributed by atoms with E-state index < -0.39 is 28.9 Å².